The number of aromatic nitrogens is 1. The number of fused-ring (bicyclic) bond motifs is 1. The van der Waals surface area contributed by atoms with Gasteiger partial charge in [0.2, 0.25) is 0 Å². The van der Waals surface area contributed by atoms with Crippen LogP contribution in [0.25, 0.3) is 6.08 Å². The molecule has 2 aromatic carbocycles. The molecule has 1 aliphatic rings. The number of carbonyl (C=O) groups is 1. The largest absolute Gasteiger partial charge is 0.504 e. The zero-order chi connectivity index (χ0) is 26.0. The van der Waals surface area contributed by atoms with E-state index in [0.29, 0.717) is 43.9 Å². The minimum absolute atomic E-state index is 0.0464. The fraction of sp³-hybridized carbons (Fsp3) is 0.250. The molecule has 0 bridgehead atoms. The van der Waals surface area contributed by atoms with Gasteiger partial charge in [-0.3, -0.25) is 9.36 Å². The summed E-state index contributed by atoms with van der Waals surface area (Å²) in [5.41, 5.74) is 3.80. The Morgan fingerprint density at radius 2 is 1.97 bits per heavy atom. The monoisotopic (exact) mass is 504 g/mol. The number of hydrogen-bond donors (Lipinski definition) is 1. The van der Waals surface area contributed by atoms with E-state index < -0.39 is 12.0 Å². The molecule has 0 fully saturated rings. The lowest BCUT2D eigenvalue weighted by molar-refractivity contribution is -0.139. The summed E-state index contributed by atoms with van der Waals surface area (Å²) in [6.07, 6.45) is 3.88. The quantitative estimate of drug-likeness (QED) is 0.393. The summed E-state index contributed by atoms with van der Waals surface area (Å²) >= 11 is 1.24. The molecule has 0 saturated carbocycles. The highest BCUT2D eigenvalue weighted by molar-refractivity contribution is 7.07. The first-order chi connectivity index (χ1) is 17.3. The van der Waals surface area contributed by atoms with Gasteiger partial charge in [-0.1, -0.05) is 47.2 Å². The van der Waals surface area contributed by atoms with Gasteiger partial charge >= 0.3 is 5.97 Å². The molecule has 0 unspecified atom stereocenters. The van der Waals surface area contributed by atoms with Gasteiger partial charge in [0.1, 0.15) is 0 Å². The summed E-state index contributed by atoms with van der Waals surface area (Å²) in [5, 5.41) is 10.4. The highest BCUT2D eigenvalue weighted by Crippen LogP contribution is 2.33. The van der Waals surface area contributed by atoms with Gasteiger partial charge < -0.3 is 14.6 Å². The molecule has 0 amide bonds. The van der Waals surface area contributed by atoms with E-state index in [-0.39, 0.29) is 17.9 Å². The smallest absolute Gasteiger partial charge is 0.338 e. The number of carbonyl (C=O) groups excluding carboxylic acids is 1. The maximum Gasteiger partial charge on any atom is 0.338 e. The Labute approximate surface area is 213 Å². The molecule has 0 radical (unpaired) electrons. The number of ether oxygens (including phenoxy) is 2. The number of phenolic OH excluding ortho intramolecular Hbond substituents is 1. The Kier molecular flexibility index (Phi) is 7.26. The third kappa shape index (κ3) is 4.64. The van der Waals surface area contributed by atoms with Crippen molar-refractivity contribution in [3.63, 3.8) is 0 Å². The van der Waals surface area contributed by atoms with Crippen molar-refractivity contribution >= 4 is 23.4 Å². The lowest BCUT2D eigenvalue weighted by atomic mass is 9.95. The molecule has 186 valence electrons. The number of aryl methyl sites for hydroxylation is 1. The average Bonchev–Trinajstić information content (AvgIpc) is 3.15. The molecular formula is C28H28N2O5S. The second-order valence-corrected chi connectivity index (χ2v) is 9.45. The first-order valence-corrected chi connectivity index (χ1v) is 12.4. The number of rotatable bonds is 7. The number of phenols is 1. The molecule has 0 spiro atoms. The highest BCUT2D eigenvalue weighted by Gasteiger charge is 2.33. The molecule has 4 rings (SSSR count). The molecule has 36 heavy (non-hydrogen) atoms. The van der Waals surface area contributed by atoms with Crippen molar-refractivity contribution in [2.75, 3.05) is 13.7 Å². The fourth-order valence-electron chi connectivity index (χ4n) is 4.25. The Bertz CT molecular complexity index is 1540. The van der Waals surface area contributed by atoms with E-state index in [1.165, 1.54) is 18.4 Å². The second kappa shape index (κ2) is 10.4. The number of benzene rings is 2. The third-order valence-corrected chi connectivity index (χ3v) is 6.95. The first-order valence-electron chi connectivity index (χ1n) is 11.6. The molecule has 0 aliphatic carbocycles. The zero-order valence-corrected chi connectivity index (χ0v) is 21.5. The van der Waals surface area contributed by atoms with Crippen LogP contribution in [0.5, 0.6) is 11.5 Å². The number of allylic oxidation sites excluding steroid dienone is 2. The first kappa shape index (κ1) is 25.2. The van der Waals surface area contributed by atoms with Gasteiger partial charge in [0.05, 0.1) is 35.6 Å². The normalized spacial score (nSPS) is 15.3. The van der Waals surface area contributed by atoms with Crippen LogP contribution in [0.3, 0.4) is 0 Å². The summed E-state index contributed by atoms with van der Waals surface area (Å²) in [4.78, 5) is 31.8. The van der Waals surface area contributed by atoms with Crippen molar-refractivity contribution in [3.8, 4) is 11.5 Å². The van der Waals surface area contributed by atoms with E-state index in [1.54, 1.807) is 42.7 Å². The number of methoxy groups -OCH3 is 1. The highest BCUT2D eigenvalue weighted by atomic mass is 32.1. The van der Waals surface area contributed by atoms with Crippen molar-refractivity contribution in [1.82, 2.24) is 4.57 Å². The topological polar surface area (TPSA) is 90.1 Å². The minimum atomic E-state index is -0.659. The maximum absolute atomic E-state index is 13.7. The standard InChI is InChI=1S/C28H28N2O5S/c1-6-8-20-13-18(14-21(34-5)25(20)31)15-22-26(32)30-24(19-11-9-16(3)10-12-19)23(27(33)35-7-2)17(4)29-28(30)36-22/h6,9-15,24,31H,1,7-8H2,2-5H3/b22-15+/t24-/m0/s1. The van der Waals surface area contributed by atoms with Crippen LogP contribution in [0, 0.1) is 6.92 Å². The molecule has 0 saturated heterocycles. The molecule has 2 heterocycles. The summed E-state index contributed by atoms with van der Waals surface area (Å²) < 4.78 is 12.7. The van der Waals surface area contributed by atoms with Gasteiger partial charge in [0.25, 0.3) is 5.56 Å². The number of thiazole rings is 1. The summed E-state index contributed by atoms with van der Waals surface area (Å²) in [7, 11) is 1.48. The third-order valence-electron chi connectivity index (χ3n) is 5.97. The molecular weight excluding hydrogens is 476 g/mol. The van der Waals surface area contributed by atoms with Crippen LogP contribution in [0.4, 0.5) is 0 Å². The average molecular weight is 505 g/mol. The number of esters is 1. The van der Waals surface area contributed by atoms with E-state index >= 15 is 0 Å². The number of aromatic hydroxyl groups is 1. The van der Waals surface area contributed by atoms with E-state index in [2.05, 4.69) is 11.6 Å². The molecule has 3 aromatic rings. The van der Waals surface area contributed by atoms with E-state index in [1.807, 2.05) is 31.2 Å². The van der Waals surface area contributed by atoms with Crippen molar-refractivity contribution < 1.29 is 19.4 Å². The van der Waals surface area contributed by atoms with Gasteiger partial charge in [-0.05, 0) is 56.5 Å². The van der Waals surface area contributed by atoms with Gasteiger partial charge in [-0.2, -0.15) is 0 Å². The van der Waals surface area contributed by atoms with Gasteiger partial charge in [0.15, 0.2) is 16.3 Å². The van der Waals surface area contributed by atoms with Crippen LogP contribution >= 0.6 is 11.3 Å². The lowest BCUT2D eigenvalue weighted by Gasteiger charge is -2.24. The van der Waals surface area contributed by atoms with Crippen LogP contribution in [-0.2, 0) is 16.0 Å². The van der Waals surface area contributed by atoms with Crippen molar-refractivity contribution in [2.24, 2.45) is 4.99 Å². The predicted octanol–water partition coefficient (Wildman–Crippen LogP) is 3.55. The van der Waals surface area contributed by atoms with Crippen molar-refractivity contribution in [1.29, 1.82) is 0 Å². The van der Waals surface area contributed by atoms with Crippen LogP contribution in [-0.4, -0.2) is 29.4 Å². The molecule has 1 N–H and O–H groups in total. The maximum atomic E-state index is 13.7. The van der Waals surface area contributed by atoms with Crippen LogP contribution in [0.2, 0.25) is 0 Å². The van der Waals surface area contributed by atoms with Crippen LogP contribution in [0.1, 0.15) is 42.1 Å². The molecule has 8 heteroatoms. The Balaban J connectivity index is 1.94. The lowest BCUT2D eigenvalue weighted by Crippen LogP contribution is -2.39. The summed E-state index contributed by atoms with van der Waals surface area (Å²) in [5.74, 6) is -0.132. The SMILES string of the molecule is C=CCc1cc(/C=c2/sc3n(c2=O)[C@@H](c2ccc(C)cc2)C(C(=O)OCC)=C(C)N=3)cc(OC)c1O. The van der Waals surface area contributed by atoms with E-state index in [9.17, 15) is 14.7 Å². The van der Waals surface area contributed by atoms with E-state index in [4.69, 9.17) is 9.47 Å². The van der Waals surface area contributed by atoms with Crippen molar-refractivity contribution in [3.05, 3.63) is 102 Å². The van der Waals surface area contributed by atoms with Crippen LogP contribution < -0.4 is 19.6 Å². The fourth-order valence-corrected chi connectivity index (χ4v) is 5.29. The van der Waals surface area contributed by atoms with Gasteiger partial charge in [-0.15, -0.1) is 6.58 Å². The number of hydrogen-bond acceptors (Lipinski definition) is 7. The van der Waals surface area contributed by atoms with Gasteiger partial charge in [-0.25, -0.2) is 9.79 Å². The van der Waals surface area contributed by atoms with E-state index in [0.717, 1.165) is 11.1 Å². The molecule has 1 aromatic heterocycles. The zero-order valence-electron chi connectivity index (χ0n) is 20.7. The number of nitrogens with zero attached hydrogens (tertiary/aromatic N) is 2. The minimum Gasteiger partial charge on any atom is -0.504 e. The Morgan fingerprint density at radius 3 is 2.61 bits per heavy atom. The Hall–Kier alpha value is -3.91. The molecule has 1 atom stereocenters. The van der Waals surface area contributed by atoms with Crippen LogP contribution in [0.15, 0.2) is 70.1 Å². The molecule has 7 nitrogen and oxygen atoms in total. The van der Waals surface area contributed by atoms with Gasteiger partial charge in [0, 0.05) is 5.56 Å². The Morgan fingerprint density at radius 1 is 1.25 bits per heavy atom. The van der Waals surface area contributed by atoms with Crippen molar-refractivity contribution in [2.45, 2.75) is 33.2 Å². The second-order valence-electron chi connectivity index (χ2n) is 8.44. The molecule has 1 aliphatic heterocycles. The predicted molar refractivity (Wildman–Crippen MR) is 140 cm³/mol. The summed E-state index contributed by atoms with van der Waals surface area (Å²) in [6.45, 7) is 9.45. The summed E-state index contributed by atoms with van der Waals surface area (Å²) in [6, 6.07) is 10.6.